The van der Waals surface area contributed by atoms with Gasteiger partial charge in [0.2, 0.25) is 0 Å². The van der Waals surface area contributed by atoms with Crippen molar-refractivity contribution in [3.8, 4) is 0 Å². The molecule has 0 bridgehead atoms. The number of nitrogens with zero attached hydrogens (tertiary/aromatic N) is 1. The quantitative estimate of drug-likeness (QED) is 0.0195. The maximum atomic E-state index is 12.9. The lowest BCUT2D eigenvalue weighted by Gasteiger charge is -2.26. The van der Waals surface area contributed by atoms with E-state index in [1.165, 1.54) is 257 Å². The number of carboxylic acids is 1. The van der Waals surface area contributed by atoms with Gasteiger partial charge in [-0.3, -0.25) is 9.59 Å². The molecular weight excluding hydrogens is 947 g/mol. The lowest BCUT2D eigenvalue weighted by atomic mass is 10.0. The molecule has 2 unspecified atom stereocenters. The second-order valence-electron chi connectivity index (χ2n) is 23.8. The summed E-state index contributed by atoms with van der Waals surface area (Å²) in [5.41, 5.74) is 0. The number of allylic oxidation sites excluding steroid dienone is 4. The van der Waals surface area contributed by atoms with Gasteiger partial charge in [-0.25, -0.2) is 0 Å². The zero-order valence-electron chi connectivity index (χ0n) is 51.2. The average Bonchev–Trinajstić information content (AvgIpc) is 3.39. The van der Waals surface area contributed by atoms with Crippen LogP contribution in [0.4, 0.5) is 0 Å². The first-order valence-corrected chi connectivity index (χ1v) is 33.0. The van der Waals surface area contributed by atoms with Crippen molar-refractivity contribution in [1.29, 1.82) is 0 Å². The molecule has 448 valence electrons. The predicted octanol–water partition coefficient (Wildman–Crippen LogP) is 18.5. The fraction of sp³-hybridized carbons (Fsp3) is 0.896. The van der Waals surface area contributed by atoms with E-state index in [1.807, 2.05) is 21.1 Å². The molecule has 0 N–H and O–H groups in total. The fourth-order valence-corrected chi connectivity index (χ4v) is 9.87. The van der Waals surface area contributed by atoms with Crippen LogP contribution in [0.15, 0.2) is 24.3 Å². The van der Waals surface area contributed by atoms with Crippen molar-refractivity contribution in [2.45, 2.75) is 341 Å². The molecule has 0 aromatic rings. The topological polar surface area (TPSA) is 111 Å². The van der Waals surface area contributed by atoms with E-state index in [-0.39, 0.29) is 32.2 Å². The van der Waals surface area contributed by atoms with Crippen molar-refractivity contribution in [3.05, 3.63) is 24.3 Å². The Morgan fingerprint density at radius 3 is 1.04 bits per heavy atom. The lowest BCUT2D eigenvalue weighted by molar-refractivity contribution is -0.870. The van der Waals surface area contributed by atoms with Crippen LogP contribution in [0.1, 0.15) is 328 Å². The second kappa shape index (κ2) is 58.9. The molecule has 0 aliphatic carbocycles. The van der Waals surface area contributed by atoms with Crippen molar-refractivity contribution in [2.75, 3.05) is 47.5 Å². The zero-order valence-corrected chi connectivity index (χ0v) is 51.2. The Bertz CT molecular complexity index is 1300. The molecule has 2 atom stereocenters. The van der Waals surface area contributed by atoms with E-state index >= 15 is 0 Å². The van der Waals surface area contributed by atoms with E-state index in [9.17, 15) is 19.5 Å². The Balaban J connectivity index is 4.12. The first kappa shape index (κ1) is 73.8. The van der Waals surface area contributed by atoms with Crippen LogP contribution in [0.3, 0.4) is 0 Å². The summed E-state index contributed by atoms with van der Waals surface area (Å²) < 4.78 is 22.8. The van der Waals surface area contributed by atoms with Gasteiger partial charge >= 0.3 is 11.9 Å². The highest BCUT2D eigenvalue weighted by atomic mass is 16.7. The molecule has 0 aliphatic rings. The van der Waals surface area contributed by atoms with Crippen LogP contribution in [0, 0.1) is 0 Å². The van der Waals surface area contributed by atoms with Gasteiger partial charge in [-0.15, -0.1) is 0 Å². The molecule has 0 aromatic carbocycles. The number of quaternary nitrogens is 1. The number of carboxylic acid groups (broad SMARTS) is 1. The number of likely N-dealkylation sites (N-methyl/N-ethyl adjacent to an activating group) is 1. The third-order valence-corrected chi connectivity index (χ3v) is 15.0. The molecule has 0 fully saturated rings. The standard InChI is InChI=1S/C67H127NO8/c1-6-8-10-12-14-16-18-20-22-24-26-28-30-32-34-35-37-39-41-43-45-47-49-51-53-55-57-64(69)74-61-63(62-75-67(66(71)72)73-60-59-68(3,4)5)76-65(70)58-56-54-52-50-48-46-44-42-40-38-36-33-31-29-27-25-23-21-19-17-15-13-11-9-7-2/h19,21,25,27,63,67H,6-18,20,22-24,26,28-62H2,1-5H3/b21-19-,27-25-. The summed E-state index contributed by atoms with van der Waals surface area (Å²) in [6.45, 7) is 4.80. The Kier molecular flexibility index (Phi) is 57.2. The molecule has 0 spiro atoms. The van der Waals surface area contributed by atoms with E-state index in [0.29, 0.717) is 23.9 Å². The van der Waals surface area contributed by atoms with Crippen LogP contribution in [0.25, 0.3) is 0 Å². The molecule has 0 aromatic heterocycles. The first-order valence-electron chi connectivity index (χ1n) is 33.0. The van der Waals surface area contributed by atoms with E-state index in [1.54, 1.807) is 0 Å². The van der Waals surface area contributed by atoms with Gasteiger partial charge < -0.3 is 33.3 Å². The smallest absolute Gasteiger partial charge is 0.306 e. The van der Waals surface area contributed by atoms with Gasteiger partial charge in [0.15, 0.2) is 12.4 Å². The Labute approximate surface area is 471 Å². The normalized spacial score (nSPS) is 12.8. The van der Waals surface area contributed by atoms with Crippen molar-refractivity contribution < 1.29 is 42.9 Å². The van der Waals surface area contributed by atoms with Gasteiger partial charge in [0, 0.05) is 12.8 Å². The van der Waals surface area contributed by atoms with Gasteiger partial charge in [0.1, 0.15) is 13.2 Å². The molecule has 0 heterocycles. The van der Waals surface area contributed by atoms with E-state index < -0.39 is 24.3 Å². The third kappa shape index (κ3) is 59.4. The van der Waals surface area contributed by atoms with E-state index in [2.05, 4.69) is 38.2 Å². The van der Waals surface area contributed by atoms with Gasteiger partial charge in [-0.05, 0) is 44.9 Å². The second-order valence-corrected chi connectivity index (χ2v) is 23.8. The van der Waals surface area contributed by atoms with Crippen molar-refractivity contribution in [3.63, 3.8) is 0 Å². The number of ether oxygens (including phenoxy) is 4. The Morgan fingerprint density at radius 2 is 0.711 bits per heavy atom. The van der Waals surface area contributed by atoms with Crippen LogP contribution in [-0.4, -0.2) is 82.3 Å². The average molecular weight is 1070 g/mol. The highest BCUT2D eigenvalue weighted by Crippen LogP contribution is 2.18. The van der Waals surface area contributed by atoms with Gasteiger partial charge in [-0.2, -0.15) is 0 Å². The van der Waals surface area contributed by atoms with Gasteiger partial charge in [0.05, 0.1) is 40.3 Å². The van der Waals surface area contributed by atoms with Crippen LogP contribution < -0.4 is 5.11 Å². The SMILES string of the molecule is CCCCCCC/C=C\C/C=C\CCCCCCCCCCCCCCCC(=O)OC(COC(=O)CCCCCCCCCCCCCCCCCCCCCCCCCCCC)COC(OCC[N+](C)(C)C)C(=O)[O-]. The van der Waals surface area contributed by atoms with Crippen molar-refractivity contribution >= 4 is 17.9 Å². The Hall–Kier alpha value is -2.23. The van der Waals surface area contributed by atoms with Crippen molar-refractivity contribution in [2.24, 2.45) is 0 Å². The van der Waals surface area contributed by atoms with E-state index in [0.717, 1.165) is 38.5 Å². The largest absolute Gasteiger partial charge is 0.545 e. The fourth-order valence-electron chi connectivity index (χ4n) is 9.87. The number of aliphatic carboxylic acids is 1. The lowest BCUT2D eigenvalue weighted by Crippen LogP contribution is -2.44. The minimum absolute atomic E-state index is 0.151. The molecule has 0 amide bonds. The number of carbonyl (C=O) groups is 3. The minimum Gasteiger partial charge on any atom is -0.545 e. The maximum Gasteiger partial charge on any atom is 0.306 e. The molecule has 76 heavy (non-hydrogen) atoms. The predicted molar refractivity (Wildman–Crippen MR) is 320 cm³/mol. The summed E-state index contributed by atoms with van der Waals surface area (Å²) in [5.74, 6) is -2.26. The van der Waals surface area contributed by atoms with E-state index in [4.69, 9.17) is 18.9 Å². The molecule has 9 heteroatoms. The summed E-state index contributed by atoms with van der Waals surface area (Å²) in [6.07, 6.45) is 68.2. The molecular formula is C67H127NO8. The number of esters is 2. The van der Waals surface area contributed by atoms with Crippen LogP contribution in [0.2, 0.25) is 0 Å². The summed E-state index contributed by atoms with van der Waals surface area (Å²) in [7, 11) is 5.94. The van der Waals surface area contributed by atoms with Gasteiger partial charge in [-0.1, -0.05) is 295 Å². The summed E-state index contributed by atoms with van der Waals surface area (Å²) >= 11 is 0. The highest BCUT2D eigenvalue weighted by Gasteiger charge is 2.22. The van der Waals surface area contributed by atoms with Gasteiger partial charge in [0.25, 0.3) is 0 Å². The van der Waals surface area contributed by atoms with Crippen molar-refractivity contribution in [1.82, 2.24) is 0 Å². The van der Waals surface area contributed by atoms with Crippen LogP contribution >= 0.6 is 0 Å². The third-order valence-electron chi connectivity index (χ3n) is 15.0. The molecule has 0 saturated carbocycles. The molecule has 9 nitrogen and oxygen atoms in total. The monoisotopic (exact) mass is 1070 g/mol. The van der Waals surface area contributed by atoms with Crippen LogP contribution in [-0.2, 0) is 33.3 Å². The minimum atomic E-state index is -1.62. The first-order chi connectivity index (χ1) is 37.1. The zero-order chi connectivity index (χ0) is 55.5. The Morgan fingerprint density at radius 1 is 0.395 bits per heavy atom. The number of hydrogen-bond donors (Lipinski definition) is 0. The number of hydrogen-bond acceptors (Lipinski definition) is 8. The molecule has 0 aliphatic heterocycles. The number of unbranched alkanes of at least 4 members (excludes halogenated alkanes) is 43. The molecule has 0 saturated heterocycles. The van der Waals surface area contributed by atoms with Crippen LogP contribution in [0.5, 0.6) is 0 Å². The maximum absolute atomic E-state index is 12.9. The number of rotatable bonds is 62. The summed E-state index contributed by atoms with van der Waals surface area (Å²) in [4.78, 5) is 37.4. The molecule has 0 rings (SSSR count). The highest BCUT2D eigenvalue weighted by molar-refractivity contribution is 5.70. The summed E-state index contributed by atoms with van der Waals surface area (Å²) in [6, 6.07) is 0. The number of carbonyl (C=O) groups excluding carboxylic acids is 3. The summed E-state index contributed by atoms with van der Waals surface area (Å²) in [5, 5.41) is 11.8. The molecule has 0 radical (unpaired) electrons.